The van der Waals surface area contributed by atoms with E-state index in [0.717, 1.165) is 5.56 Å². The van der Waals surface area contributed by atoms with E-state index in [-0.39, 0.29) is 22.6 Å². The van der Waals surface area contributed by atoms with Crippen molar-refractivity contribution in [3.63, 3.8) is 0 Å². The van der Waals surface area contributed by atoms with E-state index in [2.05, 4.69) is 25.3 Å². The van der Waals surface area contributed by atoms with Gasteiger partial charge in [0.1, 0.15) is 5.75 Å². The zero-order chi connectivity index (χ0) is 24.0. The van der Waals surface area contributed by atoms with Crippen molar-refractivity contribution >= 4 is 33.2 Å². The fourth-order valence-electron chi connectivity index (χ4n) is 2.77. The Morgan fingerprint density at radius 1 is 0.879 bits per heavy atom. The summed E-state index contributed by atoms with van der Waals surface area (Å²) in [5, 5.41) is 5.35. The van der Waals surface area contributed by atoms with Crippen LogP contribution in [0.15, 0.2) is 53.4 Å². The molecule has 0 saturated carbocycles. The monoisotopic (exact) mass is 473 g/mol. The number of aromatic nitrogens is 2. The van der Waals surface area contributed by atoms with Crippen molar-refractivity contribution in [3.05, 3.63) is 54.1 Å². The van der Waals surface area contributed by atoms with Crippen LogP contribution in [0.5, 0.6) is 17.6 Å². The molecule has 1 heterocycles. The summed E-state index contributed by atoms with van der Waals surface area (Å²) in [6.45, 7) is 1.89. The zero-order valence-corrected chi connectivity index (χ0v) is 19.2. The van der Waals surface area contributed by atoms with Crippen molar-refractivity contribution in [3.8, 4) is 17.6 Å². The summed E-state index contributed by atoms with van der Waals surface area (Å²) in [6, 6.07) is 11.8. The molecule has 0 bridgehead atoms. The molecule has 12 heteroatoms. The predicted octanol–water partition coefficient (Wildman–Crippen LogP) is 3.26. The zero-order valence-electron chi connectivity index (χ0n) is 18.4. The molecule has 3 aromatic rings. The minimum absolute atomic E-state index is 0.0209. The first-order valence-corrected chi connectivity index (χ1v) is 11.0. The third-order valence-corrected chi connectivity index (χ3v) is 5.71. The summed E-state index contributed by atoms with van der Waals surface area (Å²) >= 11 is 0. The number of methoxy groups -OCH3 is 3. The molecule has 3 N–H and O–H groups in total. The van der Waals surface area contributed by atoms with E-state index in [0.29, 0.717) is 17.1 Å². The number of rotatable bonds is 8. The van der Waals surface area contributed by atoms with Gasteiger partial charge < -0.3 is 24.8 Å². The number of benzene rings is 2. The molecule has 3 rings (SSSR count). The van der Waals surface area contributed by atoms with Crippen molar-refractivity contribution in [1.29, 1.82) is 0 Å². The number of carbonyl (C=O) groups is 1. The lowest BCUT2D eigenvalue weighted by Gasteiger charge is -2.12. The van der Waals surface area contributed by atoms with Crippen LogP contribution in [0.3, 0.4) is 0 Å². The van der Waals surface area contributed by atoms with Gasteiger partial charge in [-0.2, -0.15) is 9.97 Å². The Morgan fingerprint density at radius 2 is 1.61 bits per heavy atom. The van der Waals surface area contributed by atoms with Gasteiger partial charge in [0.15, 0.2) is 5.82 Å². The van der Waals surface area contributed by atoms with E-state index in [4.69, 9.17) is 14.2 Å². The maximum absolute atomic E-state index is 12.7. The number of ether oxygens (including phenoxy) is 3. The van der Waals surface area contributed by atoms with Gasteiger partial charge in [0.25, 0.3) is 10.0 Å². The number of hydrogen-bond donors (Lipinski definition) is 3. The average molecular weight is 474 g/mol. The van der Waals surface area contributed by atoms with Crippen LogP contribution in [-0.4, -0.2) is 45.7 Å². The van der Waals surface area contributed by atoms with Crippen LogP contribution < -0.4 is 29.6 Å². The van der Waals surface area contributed by atoms with Crippen molar-refractivity contribution in [2.45, 2.75) is 11.8 Å². The summed E-state index contributed by atoms with van der Waals surface area (Å²) in [7, 11) is 0.278. The Kier molecular flexibility index (Phi) is 7.18. The van der Waals surface area contributed by atoms with E-state index in [1.54, 1.807) is 12.1 Å². The number of nitrogens with one attached hydrogen (secondary N) is 3. The van der Waals surface area contributed by atoms with Gasteiger partial charge >= 0.3 is 12.0 Å². The summed E-state index contributed by atoms with van der Waals surface area (Å²) < 4.78 is 43.0. The number of nitrogens with zero attached hydrogens (tertiary/aromatic N) is 2. The Bertz CT molecular complexity index is 1230. The Labute approximate surface area is 191 Å². The number of sulfonamides is 1. The molecular formula is C21H23N5O6S. The molecule has 174 valence electrons. The van der Waals surface area contributed by atoms with Crippen LogP contribution in [0.2, 0.25) is 0 Å². The molecule has 1 aromatic heterocycles. The lowest BCUT2D eigenvalue weighted by atomic mass is 10.2. The Hall–Kier alpha value is -4.06. The first-order valence-electron chi connectivity index (χ1n) is 9.56. The highest BCUT2D eigenvalue weighted by atomic mass is 32.2. The standard InChI is InChI=1S/C21H23N5O6S/c1-13-5-10-17(30-2)16(11-13)23-20(27)22-14-6-8-15(9-7-14)33(28,29)26-18-12-19(31-3)25-21(24-18)32-4/h5-12H,1-4H3,(H2,22,23,27)(H,24,25,26). The van der Waals surface area contributed by atoms with Crippen molar-refractivity contribution < 1.29 is 27.4 Å². The third kappa shape index (κ3) is 6.01. The smallest absolute Gasteiger partial charge is 0.323 e. The maximum atomic E-state index is 12.7. The van der Waals surface area contributed by atoms with Gasteiger partial charge in [-0.3, -0.25) is 4.72 Å². The molecule has 0 aliphatic heterocycles. The first-order chi connectivity index (χ1) is 15.7. The van der Waals surface area contributed by atoms with Gasteiger partial charge in [-0.05, 0) is 48.9 Å². The minimum Gasteiger partial charge on any atom is -0.495 e. The lowest BCUT2D eigenvalue weighted by Crippen LogP contribution is -2.20. The number of carbonyl (C=O) groups excluding carboxylic acids is 1. The summed E-state index contributed by atoms with van der Waals surface area (Å²) in [6.07, 6.45) is 0. The van der Waals surface area contributed by atoms with Crippen molar-refractivity contribution in [1.82, 2.24) is 9.97 Å². The molecular weight excluding hydrogens is 450 g/mol. The molecule has 0 unspecified atom stereocenters. The number of hydrogen-bond acceptors (Lipinski definition) is 8. The van der Waals surface area contributed by atoms with Gasteiger partial charge in [0, 0.05) is 11.8 Å². The first kappa shape index (κ1) is 23.6. The van der Waals surface area contributed by atoms with Crippen molar-refractivity contribution in [2.24, 2.45) is 0 Å². The van der Waals surface area contributed by atoms with E-state index in [1.807, 2.05) is 13.0 Å². The Balaban J connectivity index is 1.70. The van der Waals surface area contributed by atoms with E-state index in [9.17, 15) is 13.2 Å². The number of urea groups is 1. The van der Waals surface area contributed by atoms with E-state index < -0.39 is 16.1 Å². The number of amides is 2. The highest BCUT2D eigenvalue weighted by molar-refractivity contribution is 7.92. The number of anilines is 3. The van der Waals surface area contributed by atoms with Gasteiger partial charge in [0.05, 0.1) is 31.9 Å². The topological polar surface area (TPSA) is 141 Å². The second-order valence-corrected chi connectivity index (χ2v) is 8.38. The number of aryl methyl sites for hydroxylation is 1. The fraction of sp³-hybridized carbons (Fsp3) is 0.190. The largest absolute Gasteiger partial charge is 0.495 e. The quantitative estimate of drug-likeness (QED) is 0.453. The average Bonchev–Trinajstić information content (AvgIpc) is 2.79. The highest BCUT2D eigenvalue weighted by Gasteiger charge is 2.17. The Morgan fingerprint density at radius 3 is 2.24 bits per heavy atom. The van der Waals surface area contributed by atoms with E-state index >= 15 is 0 Å². The maximum Gasteiger partial charge on any atom is 0.323 e. The minimum atomic E-state index is -3.97. The van der Waals surface area contributed by atoms with Gasteiger partial charge in [-0.25, -0.2) is 13.2 Å². The second-order valence-electron chi connectivity index (χ2n) is 6.69. The van der Waals surface area contributed by atoms with Crippen LogP contribution in [0, 0.1) is 6.92 Å². The van der Waals surface area contributed by atoms with Crippen LogP contribution in [0.4, 0.5) is 22.0 Å². The predicted molar refractivity (Wildman–Crippen MR) is 123 cm³/mol. The third-order valence-electron chi connectivity index (χ3n) is 4.34. The summed E-state index contributed by atoms with van der Waals surface area (Å²) in [4.78, 5) is 20.2. The lowest BCUT2D eigenvalue weighted by molar-refractivity contribution is 0.262. The molecule has 0 fully saturated rings. The van der Waals surface area contributed by atoms with E-state index in [1.165, 1.54) is 51.7 Å². The van der Waals surface area contributed by atoms with Gasteiger partial charge in [0.2, 0.25) is 5.88 Å². The SMILES string of the molecule is COc1cc(NS(=O)(=O)c2ccc(NC(=O)Nc3cc(C)ccc3OC)cc2)nc(OC)n1. The highest BCUT2D eigenvalue weighted by Crippen LogP contribution is 2.26. The van der Waals surface area contributed by atoms with Gasteiger partial charge in [-0.1, -0.05) is 6.07 Å². The summed E-state index contributed by atoms with van der Waals surface area (Å²) in [5.74, 6) is 0.629. The normalized spacial score (nSPS) is 10.8. The molecule has 2 amide bonds. The fourth-order valence-corrected chi connectivity index (χ4v) is 3.76. The van der Waals surface area contributed by atoms with Gasteiger partial charge in [-0.15, -0.1) is 0 Å². The van der Waals surface area contributed by atoms with Crippen LogP contribution in [0.1, 0.15) is 5.56 Å². The molecule has 0 aliphatic rings. The molecule has 0 aliphatic carbocycles. The molecule has 0 radical (unpaired) electrons. The molecule has 11 nitrogen and oxygen atoms in total. The van der Waals surface area contributed by atoms with Crippen LogP contribution in [0.25, 0.3) is 0 Å². The van der Waals surface area contributed by atoms with Crippen molar-refractivity contribution in [2.75, 3.05) is 36.7 Å². The molecule has 0 atom stereocenters. The second kappa shape index (κ2) is 10.0. The summed E-state index contributed by atoms with van der Waals surface area (Å²) in [5.41, 5.74) is 1.85. The van der Waals surface area contributed by atoms with Crippen LogP contribution in [-0.2, 0) is 10.0 Å². The molecule has 33 heavy (non-hydrogen) atoms. The molecule has 0 saturated heterocycles. The molecule has 2 aromatic carbocycles. The van der Waals surface area contributed by atoms with Crippen LogP contribution >= 0.6 is 0 Å². The molecule has 0 spiro atoms.